The van der Waals surface area contributed by atoms with Crippen molar-refractivity contribution in [2.45, 2.75) is 25.9 Å². The van der Waals surface area contributed by atoms with Gasteiger partial charge in [-0.3, -0.25) is 4.79 Å². The number of hydrogen-bond donors (Lipinski definition) is 1. The van der Waals surface area contributed by atoms with E-state index in [1.54, 1.807) is 12.1 Å². The van der Waals surface area contributed by atoms with Gasteiger partial charge in [0.15, 0.2) is 5.78 Å². The number of ether oxygens (including phenoxy) is 2. The van der Waals surface area contributed by atoms with Crippen LogP contribution in [0.2, 0.25) is 0 Å². The zero-order chi connectivity index (χ0) is 17.9. The first kappa shape index (κ1) is 16.0. The van der Waals surface area contributed by atoms with Gasteiger partial charge in [0.25, 0.3) is 0 Å². The minimum absolute atomic E-state index is 0.0502. The van der Waals surface area contributed by atoms with Gasteiger partial charge < -0.3 is 14.6 Å². The maximum atomic E-state index is 13.2. The zero-order valence-corrected chi connectivity index (χ0v) is 14.8. The number of allylic oxidation sites excluding steroid dienone is 2. The SMILES string of the molecule is C[C@]12CC(=O)c3c(ccc4cc(O)ccc34)C1=CC[C@@H]2C1COCCO1. The van der Waals surface area contributed by atoms with Crippen LogP contribution in [0.5, 0.6) is 5.75 Å². The summed E-state index contributed by atoms with van der Waals surface area (Å²) in [7, 11) is 0. The summed E-state index contributed by atoms with van der Waals surface area (Å²) in [6.07, 6.45) is 3.76. The third-order valence-corrected chi connectivity index (χ3v) is 6.40. The van der Waals surface area contributed by atoms with Crippen molar-refractivity contribution in [3.8, 4) is 5.75 Å². The lowest BCUT2D eigenvalue weighted by atomic mass is 9.63. The fraction of sp³-hybridized carbons (Fsp3) is 0.409. The second kappa shape index (κ2) is 5.66. The van der Waals surface area contributed by atoms with Crippen LogP contribution in [0.15, 0.2) is 36.4 Å². The molecule has 2 aromatic rings. The molecule has 0 saturated carbocycles. The molecule has 4 nitrogen and oxygen atoms in total. The minimum Gasteiger partial charge on any atom is -0.508 e. The molecule has 0 aromatic heterocycles. The molecule has 1 saturated heterocycles. The predicted molar refractivity (Wildman–Crippen MR) is 99.3 cm³/mol. The van der Waals surface area contributed by atoms with Gasteiger partial charge in [-0.05, 0) is 46.5 Å². The number of phenols is 1. The molecule has 0 spiro atoms. The van der Waals surface area contributed by atoms with Crippen molar-refractivity contribution in [2.75, 3.05) is 19.8 Å². The van der Waals surface area contributed by atoms with E-state index in [2.05, 4.69) is 13.0 Å². The van der Waals surface area contributed by atoms with Gasteiger partial charge in [-0.2, -0.15) is 0 Å². The molecule has 0 amide bonds. The highest BCUT2D eigenvalue weighted by molar-refractivity contribution is 6.15. The van der Waals surface area contributed by atoms with Crippen molar-refractivity contribution in [3.05, 3.63) is 47.5 Å². The van der Waals surface area contributed by atoms with Crippen molar-refractivity contribution in [3.63, 3.8) is 0 Å². The molecule has 1 heterocycles. The molecule has 26 heavy (non-hydrogen) atoms. The molecule has 3 atom stereocenters. The van der Waals surface area contributed by atoms with Gasteiger partial charge in [0.05, 0.1) is 25.9 Å². The smallest absolute Gasteiger partial charge is 0.165 e. The van der Waals surface area contributed by atoms with Crippen LogP contribution >= 0.6 is 0 Å². The Labute approximate surface area is 152 Å². The van der Waals surface area contributed by atoms with Crippen LogP contribution in [0.4, 0.5) is 0 Å². The Kier molecular flexibility index (Phi) is 3.49. The molecule has 1 fully saturated rings. The zero-order valence-electron chi connectivity index (χ0n) is 14.8. The van der Waals surface area contributed by atoms with E-state index in [1.807, 2.05) is 18.2 Å². The second-order valence-corrected chi connectivity index (χ2v) is 7.86. The van der Waals surface area contributed by atoms with Gasteiger partial charge in [-0.25, -0.2) is 0 Å². The summed E-state index contributed by atoms with van der Waals surface area (Å²) < 4.78 is 11.6. The first-order valence-electron chi connectivity index (χ1n) is 9.27. The molecule has 3 aliphatic rings. The fourth-order valence-electron chi connectivity index (χ4n) is 5.15. The standard InChI is InChI=1S/C22H22O4/c1-22-11-19(24)21-15-5-3-14(23)10-13(15)2-4-16(21)17(22)6-7-18(22)20-12-25-8-9-26-20/h2-6,10,18,20,23H,7-9,11-12H2,1H3/t18-,20?,22+/m1/s1. The van der Waals surface area contributed by atoms with Gasteiger partial charge in [-0.1, -0.05) is 25.1 Å². The molecule has 1 unspecified atom stereocenters. The molecule has 4 heteroatoms. The molecule has 5 rings (SSSR count). The number of fused-ring (bicyclic) bond motifs is 5. The summed E-state index contributed by atoms with van der Waals surface area (Å²) in [4.78, 5) is 13.2. The number of hydrogen-bond acceptors (Lipinski definition) is 4. The van der Waals surface area contributed by atoms with Gasteiger partial charge in [0.1, 0.15) is 5.75 Å². The molecule has 134 valence electrons. The van der Waals surface area contributed by atoms with Crippen molar-refractivity contribution in [1.29, 1.82) is 0 Å². The number of phenolic OH excluding ortho intramolecular Hbond substituents is 1. The van der Waals surface area contributed by atoms with Crippen LogP contribution in [-0.4, -0.2) is 36.8 Å². The summed E-state index contributed by atoms with van der Waals surface area (Å²) in [6.45, 7) is 4.10. The molecule has 0 bridgehead atoms. The monoisotopic (exact) mass is 350 g/mol. The van der Waals surface area contributed by atoms with Crippen LogP contribution in [0.3, 0.4) is 0 Å². The predicted octanol–water partition coefficient (Wildman–Crippen LogP) is 3.96. The van der Waals surface area contributed by atoms with Gasteiger partial charge >= 0.3 is 0 Å². The van der Waals surface area contributed by atoms with Crippen LogP contribution in [0, 0.1) is 11.3 Å². The Hall–Kier alpha value is -2.17. The highest BCUT2D eigenvalue weighted by atomic mass is 16.6. The summed E-state index contributed by atoms with van der Waals surface area (Å²) in [6, 6.07) is 9.27. The van der Waals surface area contributed by atoms with Crippen LogP contribution in [-0.2, 0) is 9.47 Å². The van der Waals surface area contributed by atoms with Crippen LogP contribution in [0.25, 0.3) is 16.3 Å². The molecule has 2 aliphatic carbocycles. The maximum Gasteiger partial charge on any atom is 0.165 e. The molecular formula is C22H22O4. The van der Waals surface area contributed by atoms with E-state index in [1.165, 1.54) is 5.57 Å². The van der Waals surface area contributed by atoms with Gasteiger partial charge in [0, 0.05) is 23.3 Å². The highest BCUT2D eigenvalue weighted by Crippen LogP contribution is 2.57. The number of Topliss-reactive ketones (excluding diaryl/α,β-unsaturated/α-hetero) is 1. The summed E-state index contributed by atoms with van der Waals surface area (Å²) in [5, 5.41) is 11.6. The maximum absolute atomic E-state index is 13.2. The van der Waals surface area contributed by atoms with E-state index in [4.69, 9.17) is 9.47 Å². The largest absolute Gasteiger partial charge is 0.508 e. The lowest BCUT2D eigenvalue weighted by Crippen LogP contribution is -2.43. The van der Waals surface area contributed by atoms with E-state index in [0.717, 1.165) is 28.3 Å². The van der Waals surface area contributed by atoms with E-state index in [-0.39, 0.29) is 29.0 Å². The first-order chi connectivity index (χ1) is 12.6. The fourth-order valence-corrected chi connectivity index (χ4v) is 5.15. The lowest BCUT2D eigenvalue weighted by Gasteiger charge is -2.42. The van der Waals surface area contributed by atoms with Crippen molar-refractivity contribution in [2.24, 2.45) is 11.3 Å². The number of carbonyl (C=O) groups is 1. The minimum atomic E-state index is -0.208. The molecule has 2 aromatic carbocycles. The van der Waals surface area contributed by atoms with Crippen molar-refractivity contribution in [1.82, 2.24) is 0 Å². The summed E-state index contributed by atoms with van der Waals surface area (Å²) in [5.74, 6) is 0.671. The topological polar surface area (TPSA) is 55.8 Å². The molecule has 1 aliphatic heterocycles. The van der Waals surface area contributed by atoms with E-state index in [0.29, 0.717) is 26.2 Å². The Morgan fingerprint density at radius 1 is 1.19 bits per heavy atom. The highest BCUT2D eigenvalue weighted by Gasteiger charge is 2.50. The summed E-state index contributed by atoms with van der Waals surface area (Å²) >= 11 is 0. The van der Waals surface area contributed by atoms with E-state index in [9.17, 15) is 9.90 Å². The van der Waals surface area contributed by atoms with Gasteiger partial charge in [-0.15, -0.1) is 0 Å². The quantitative estimate of drug-likeness (QED) is 0.846. The van der Waals surface area contributed by atoms with Gasteiger partial charge in [0.2, 0.25) is 0 Å². The third-order valence-electron chi connectivity index (χ3n) is 6.40. The van der Waals surface area contributed by atoms with E-state index >= 15 is 0 Å². The Bertz CT molecular complexity index is 939. The molecule has 1 N–H and O–H groups in total. The lowest BCUT2D eigenvalue weighted by molar-refractivity contribution is -0.122. The number of ketones is 1. The molecule has 0 radical (unpaired) electrons. The Morgan fingerprint density at radius 3 is 2.88 bits per heavy atom. The number of rotatable bonds is 1. The number of carbonyl (C=O) groups excluding carboxylic acids is 1. The van der Waals surface area contributed by atoms with Crippen LogP contribution in [0.1, 0.15) is 35.7 Å². The molecular weight excluding hydrogens is 328 g/mol. The average Bonchev–Trinajstić information content (AvgIpc) is 2.98. The van der Waals surface area contributed by atoms with Crippen LogP contribution < -0.4 is 0 Å². The van der Waals surface area contributed by atoms with E-state index < -0.39 is 0 Å². The Morgan fingerprint density at radius 2 is 2.08 bits per heavy atom. The normalized spacial score (nSPS) is 30.8. The number of benzene rings is 2. The summed E-state index contributed by atoms with van der Waals surface area (Å²) in [5.41, 5.74) is 2.90. The van der Waals surface area contributed by atoms with Crippen molar-refractivity contribution >= 4 is 22.1 Å². The van der Waals surface area contributed by atoms with Crippen molar-refractivity contribution < 1.29 is 19.4 Å². The second-order valence-electron chi connectivity index (χ2n) is 7.86. The number of aromatic hydroxyl groups is 1. The third kappa shape index (κ3) is 2.19. The Balaban J connectivity index is 1.62. The first-order valence-corrected chi connectivity index (χ1v) is 9.27. The average molecular weight is 350 g/mol.